The molecule has 1 nitrogen and oxygen atoms in total. The zero-order valence-corrected chi connectivity index (χ0v) is 14.4. The number of nitrogens with one attached hydrogen (secondary N) is 1. The monoisotopic (exact) mass is 295 g/mol. The van der Waals surface area contributed by atoms with Gasteiger partial charge in [-0.3, -0.25) is 0 Å². The maximum absolute atomic E-state index is 5.96. The lowest BCUT2D eigenvalue weighted by molar-refractivity contribution is 0.310. The summed E-state index contributed by atoms with van der Waals surface area (Å²) < 4.78 is 0. The molecule has 20 heavy (non-hydrogen) atoms. The minimum atomic E-state index is 0.413. The van der Waals surface area contributed by atoms with E-state index in [1.54, 1.807) is 0 Å². The highest BCUT2D eigenvalue weighted by molar-refractivity contribution is 6.30. The summed E-state index contributed by atoms with van der Waals surface area (Å²) in [5.41, 5.74) is 1.80. The molecular weight excluding hydrogens is 266 g/mol. The molecule has 0 radical (unpaired) electrons. The summed E-state index contributed by atoms with van der Waals surface area (Å²) in [4.78, 5) is 0. The van der Waals surface area contributed by atoms with E-state index in [-0.39, 0.29) is 0 Å². The smallest absolute Gasteiger partial charge is 0.0406 e. The van der Waals surface area contributed by atoms with Gasteiger partial charge < -0.3 is 5.32 Å². The molecule has 0 saturated carbocycles. The number of halogens is 1. The lowest BCUT2D eigenvalue weighted by Crippen LogP contribution is -2.30. The van der Waals surface area contributed by atoms with Crippen LogP contribution in [0.15, 0.2) is 24.3 Å². The van der Waals surface area contributed by atoms with Crippen LogP contribution in [0.3, 0.4) is 0 Å². The molecule has 1 atom stereocenters. The first kappa shape index (κ1) is 17.5. The van der Waals surface area contributed by atoms with E-state index in [4.69, 9.17) is 11.6 Å². The molecule has 0 aliphatic carbocycles. The first-order valence-corrected chi connectivity index (χ1v) is 8.12. The summed E-state index contributed by atoms with van der Waals surface area (Å²) in [6.45, 7) is 12.5. The average molecular weight is 296 g/mol. The van der Waals surface area contributed by atoms with Crippen LogP contribution in [0.5, 0.6) is 0 Å². The average Bonchev–Trinajstić information content (AvgIpc) is 2.34. The van der Waals surface area contributed by atoms with Crippen molar-refractivity contribution in [2.24, 2.45) is 11.3 Å². The Morgan fingerprint density at radius 2 is 1.70 bits per heavy atom. The zero-order chi connectivity index (χ0) is 15.2. The van der Waals surface area contributed by atoms with Gasteiger partial charge in [0, 0.05) is 11.1 Å². The second-order valence-electron chi connectivity index (χ2n) is 7.36. The number of benzene rings is 1. The fourth-order valence-electron chi connectivity index (χ4n) is 2.27. The third-order valence-corrected chi connectivity index (χ3v) is 3.81. The third-order valence-electron chi connectivity index (χ3n) is 3.55. The van der Waals surface area contributed by atoms with Crippen LogP contribution in [-0.2, 0) is 6.42 Å². The largest absolute Gasteiger partial charge is 0.314 e. The zero-order valence-electron chi connectivity index (χ0n) is 13.7. The van der Waals surface area contributed by atoms with Crippen molar-refractivity contribution in [1.82, 2.24) is 5.32 Å². The number of rotatable bonds is 7. The van der Waals surface area contributed by atoms with Gasteiger partial charge in [-0.2, -0.15) is 0 Å². The van der Waals surface area contributed by atoms with Gasteiger partial charge >= 0.3 is 0 Å². The van der Waals surface area contributed by atoms with E-state index in [2.05, 4.69) is 52.1 Å². The van der Waals surface area contributed by atoms with E-state index in [1.807, 2.05) is 12.1 Å². The highest BCUT2D eigenvalue weighted by atomic mass is 35.5. The molecule has 1 aromatic carbocycles. The first-order chi connectivity index (χ1) is 9.26. The van der Waals surface area contributed by atoms with E-state index < -0.39 is 0 Å². The van der Waals surface area contributed by atoms with Crippen molar-refractivity contribution in [3.8, 4) is 0 Å². The van der Waals surface area contributed by atoms with E-state index in [1.165, 1.54) is 18.4 Å². The summed E-state index contributed by atoms with van der Waals surface area (Å²) in [6.07, 6.45) is 3.67. The topological polar surface area (TPSA) is 12.0 Å². The molecular formula is C18H30ClN. The maximum atomic E-state index is 5.96. The lowest BCUT2D eigenvalue weighted by Gasteiger charge is -2.24. The van der Waals surface area contributed by atoms with Gasteiger partial charge in [0.2, 0.25) is 0 Å². The number of hydrogen-bond acceptors (Lipinski definition) is 1. The maximum Gasteiger partial charge on any atom is 0.0406 e. The summed E-state index contributed by atoms with van der Waals surface area (Å²) >= 11 is 5.96. The van der Waals surface area contributed by atoms with Gasteiger partial charge in [-0.25, -0.2) is 0 Å². The van der Waals surface area contributed by atoms with E-state index in [9.17, 15) is 0 Å². The normalized spacial score (nSPS) is 13.8. The summed E-state index contributed by atoms with van der Waals surface area (Å²) in [6, 6.07) is 8.85. The molecule has 2 heteroatoms. The minimum absolute atomic E-state index is 0.413. The molecule has 1 N–H and O–H groups in total. The highest BCUT2D eigenvalue weighted by Gasteiger charge is 2.16. The SMILES string of the molecule is CC(C)NCC(CCC(C)(C)C)Cc1ccc(Cl)cc1. The van der Waals surface area contributed by atoms with Crippen molar-refractivity contribution >= 4 is 11.6 Å². The van der Waals surface area contributed by atoms with Gasteiger partial charge in [-0.05, 0) is 54.8 Å². The second kappa shape index (κ2) is 8.05. The van der Waals surface area contributed by atoms with Crippen molar-refractivity contribution < 1.29 is 0 Å². The van der Waals surface area contributed by atoms with Crippen LogP contribution in [0.1, 0.15) is 53.0 Å². The van der Waals surface area contributed by atoms with E-state index in [0.29, 0.717) is 17.4 Å². The molecule has 0 saturated heterocycles. The van der Waals surface area contributed by atoms with Crippen molar-refractivity contribution in [2.45, 2.75) is 59.9 Å². The second-order valence-corrected chi connectivity index (χ2v) is 7.80. The quantitative estimate of drug-likeness (QED) is 0.717. The Hall–Kier alpha value is -0.530. The van der Waals surface area contributed by atoms with Crippen LogP contribution in [0.2, 0.25) is 5.02 Å². The predicted molar refractivity (Wildman–Crippen MR) is 90.5 cm³/mol. The molecule has 1 rings (SSSR count). The molecule has 1 aromatic rings. The third kappa shape index (κ3) is 7.91. The molecule has 0 aliphatic rings. The van der Waals surface area contributed by atoms with Crippen molar-refractivity contribution in [2.75, 3.05) is 6.54 Å². The Balaban J connectivity index is 2.58. The molecule has 114 valence electrons. The van der Waals surface area contributed by atoms with Crippen molar-refractivity contribution in [3.63, 3.8) is 0 Å². The molecule has 1 unspecified atom stereocenters. The van der Waals surface area contributed by atoms with Crippen molar-refractivity contribution in [3.05, 3.63) is 34.9 Å². The van der Waals surface area contributed by atoms with Crippen LogP contribution in [0.25, 0.3) is 0 Å². The summed E-state index contributed by atoms with van der Waals surface area (Å²) in [5.74, 6) is 0.692. The van der Waals surface area contributed by atoms with Crippen LogP contribution in [-0.4, -0.2) is 12.6 Å². The Kier molecular flexibility index (Phi) is 7.05. The summed E-state index contributed by atoms with van der Waals surface area (Å²) in [5, 5.41) is 4.41. The Labute approximate surface area is 130 Å². The van der Waals surface area contributed by atoms with Gasteiger partial charge in [-0.1, -0.05) is 58.4 Å². The predicted octanol–water partition coefficient (Wildman–Crippen LogP) is 5.32. The molecule has 0 spiro atoms. The number of hydrogen-bond donors (Lipinski definition) is 1. The Morgan fingerprint density at radius 1 is 1.10 bits per heavy atom. The molecule has 0 bridgehead atoms. The van der Waals surface area contributed by atoms with Crippen LogP contribution < -0.4 is 5.32 Å². The molecule has 0 fully saturated rings. The van der Waals surface area contributed by atoms with Gasteiger partial charge in [-0.15, -0.1) is 0 Å². The van der Waals surface area contributed by atoms with E-state index in [0.717, 1.165) is 18.0 Å². The first-order valence-electron chi connectivity index (χ1n) is 7.74. The van der Waals surface area contributed by atoms with Crippen LogP contribution >= 0.6 is 11.6 Å². The fourth-order valence-corrected chi connectivity index (χ4v) is 2.40. The van der Waals surface area contributed by atoms with Crippen molar-refractivity contribution in [1.29, 1.82) is 0 Å². The lowest BCUT2D eigenvalue weighted by atomic mass is 9.84. The Bertz CT molecular complexity index is 375. The van der Waals surface area contributed by atoms with Gasteiger partial charge in [0.1, 0.15) is 0 Å². The highest BCUT2D eigenvalue weighted by Crippen LogP contribution is 2.25. The van der Waals surface area contributed by atoms with E-state index >= 15 is 0 Å². The molecule has 0 aliphatic heterocycles. The molecule has 0 aromatic heterocycles. The minimum Gasteiger partial charge on any atom is -0.314 e. The fraction of sp³-hybridized carbons (Fsp3) is 0.667. The molecule has 0 heterocycles. The Morgan fingerprint density at radius 3 is 2.20 bits per heavy atom. The summed E-state index contributed by atoms with van der Waals surface area (Å²) in [7, 11) is 0. The molecule has 0 amide bonds. The van der Waals surface area contributed by atoms with Gasteiger partial charge in [0.05, 0.1) is 0 Å². The standard InChI is InChI=1S/C18H30ClN/c1-14(2)20-13-16(10-11-18(3,4)5)12-15-6-8-17(19)9-7-15/h6-9,14,16,20H,10-13H2,1-5H3. The van der Waals surface area contributed by atoms with Crippen LogP contribution in [0.4, 0.5) is 0 Å². The van der Waals surface area contributed by atoms with Gasteiger partial charge in [0.15, 0.2) is 0 Å². The van der Waals surface area contributed by atoms with Gasteiger partial charge in [0.25, 0.3) is 0 Å². The van der Waals surface area contributed by atoms with Crippen LogP contribution in [0, 0.1) is 11.3 Å².